The average molecular weight is 357 g/mol. The van der Waals surface area contributed by atoms with Crippen LogP contribution >= 0.6 is 0 Å². The van der Waals surface area contributed by atoms with Gasteiger partial charge in [0, 0.05) is 44.0 Å². The molecule has 1 aromatic heterocycles. The van der Waals surface area contributed by atoms with Crippen LogP contribution in [-0.2, 0) is 22.4 Å². The summed E-state index contributed by atoms with van der Waals surface area (Å²) >= 11 is 0. The number of aromatic nitrogens is 1. The van der Waals surface area contributed by atoms with Crippen molar-refractivity contribution >= 4 is 12.2 Å². The quantitative estimate of drug-likeness (QED) is 0.752. The molecule has 0 saturated heterocycles. The van der Waals surface area contributed by atoms with Gasteiger partial charge in [-0.15, -0.1) is 0 Å². The molecule has 7 nitrogen and oxygen atoms in total. The summed E-state index contributed by atoms with van der Waals surface area (Å²) in [7, 11) is 2.98. The lowest BCUT2D eigenvalue weighted by atomic mass is 9.99. The van der Waals surface area contributed by atoms with Gasteiger partial charge >= 0.3 is 12.2 Å². The fraction of sp³-hybridized carbons (Fsp3) is 0.368. The molecule has 0 saturated carbocycles. The number of benzene rings is 1. The Bertz CT molecular complexity index is 828. The van der Waals surface area contributed by atoms with E-state index < -0.39 is 18.3 Å². The van der Waals surface area contributed by atoms with Gasteiger partial charge in [0.25, 0.3) is 0 Å². The predicted molar refractivity (Wildman–Crippen MR) is 96.2 cm³/mol. The number of nitrogens with zero attached hydrogens (tertiary/aromatic N) is 1. The smallest absolute Gasteiger partial charge is 0.407 e. The Morgan fingerprint density at radius 2 is 1.85 bits per heavy atom. The lowest BCUT2D eigenvalue weighted by Crippen LogP contribution is -2.27. The summed E-state index contributed by atoms with van der Waals surface area (Å²) in [4.78, 5) is 23.2. The Balaban J connectivity index is 1.89. The number of amides is 2. The molecule has 1 aromatic carbocycles. The standard InChI is InChI=1S/C19H23N3O4/c1-12-16(17(26-19(24)21-3)11-25-18(23)20-2)9-15-8-13-6-4-5-7-14(13)10-22(12)15/h4-7,9,17H,8,10-11H2,1-3H3,(H,20,23)(H,21,24). The molecule has 3 rings (SSSR count). The number of alkyl carbamates (subject to hydrolysis) is 2. The second kappa shape index (κ2) is 7.51. The van der Waals surface area contributed by atoms with Gasteiger partial charge < -0.3 is 24.7 Å². The first-order valence-electron chi connectivity index (χ1n) is 8.52. The van der Waals surface area contributed by atoms with Gasteiger partial charge in [-0.25, -0.2) is 9.59 Å². The predicted octanol–water partition coefficient (Wildman–Crippen LogP) is 2.50. The zero-order chi connectivity index (χ0) is 18.7. The Morgan fingerprint density at radius 3 is 2.54 bits per heavy atom. The van der Waals surface area contributed by atoms with E-state index in [2.05, 4.69) is 27.3 Å². The molecule has 1 atom stereocenters. The summed E-state index contributed by atoms with van der Waals surface area (Å²) in [5, 5.41) is 4.83. The van der Waals surface area contributed by atoms with Crippen LogP contribution in [0.2, 0.25) is 0 Å². The summed E-state index contributed by atoms with van der Waals surface area (Å²) in [6.45, 7) is 2.72. The SMILES string of the molecule is CNC(=O)OCC(OC(=O)NC)c1cc2n(c1C)Cc1ccccc1C2. The van der Waals surface area contributed by atoms with E-state index in [0.29, 0.717) is 0 Å². The first kappa shape index (κ1) is 17.8. The van der Waals surface area contributed by atoms with Crippen LogP contribution in [0.1, 0.15) is 34.2 Å². The van der Waals surface area contributed by atoms with Crippen LogP contribution in [0.5, 0.6) is 0 Å². The summed E-state index contributed by atoms with van der Waals surface area (Å²) in [6.07, 6.45) is -0.986. The van der Waals surface area contributed by atoms with E-state index in [9.17, 15) is 9.59 Å². The van der Waals surface area contributed by atoms with Crippen molar-refractivity contribution in [1.29, 1.82) is 0 Å². The van der Waals surface area contributed by atoms with Gasteiger partial charge in [0.2, 0.25) is 0 Å². The number of carbonyl (C=O) groups is 2. The van der Waals surface area contributed by atoms with Crippen LogP contribution in [-0.4, -0.2) is 37.5 Å². The lowest BCUT2D eigenvalue weighted by Gasteiger charge is -2.21. The third-order valence-electron chi connectivity index (χ3n) is 4.68. The minimum absolute atomic E-state index is 0.0513. The number of rotatable bonds is 4. The molecule has 26 heavy (non-hydrogen) atoms. The highest BCUT2D eigenvalue weighted by Crippen LogP contribution is 2.31. The molecule has 1 aliphatic rings. The van der Waals surface area contributed by atoms with Crippen molar-refractivity contribution in [2.75, 3.05) is 20.7 Å². The molecule has 7 heteroatoms. The molecule has 138 valence electrons. The second-order valence-corrected chi connectivity index (χ2v) is 6.20. The van der Waals surface area contributed by atoms with Crippen LogP contribution in [0.15, 0.2) is 30.3 Å². The zero-order valence-corrected chi connectivity index (χ0v) is 15.2. The third kappa shape index (κ3) is 3.51. The van der Waals surface area contributed by atoms with E-state index in [1.54, 1.807) is 0 Å². The van der Waals surface area contributed by atoms with Crippen molar-refractivity contribution in [3.63, 3.8) is 0 Å². The number of carbonyl (C=O) groups excluding carboxylic acids is 2. The number of hydrogen-bond donors (Lipinski definition) is 2. The van der Waals surface area contributed by atoms with E-state index in [0.717, 1.165) is 29.9 Å². The molecule has 0 spiro atoms. The first-order chi connectivity index (χ1) is 12.5. The first-order valence-corrected chi connectivity index (χ1v) is 8.52. The molecular formula is C19H23N3O4. The van der Waals surface area contributed by atoms with Crippen LogP contribution in [0, 0.1) is 6.92 Å². The Morgan fingerprint density at radius 1 is 1.15 bits per heavy atom. The van der Waals surface area contributed by atoms with Crippen molar-refractivity contribution in [2.45, 2.75) is 26.0 Å². The topological polar surface area (TPSA) is 81.6 Å². The maximum absolute atomic E-state index is 11.7. The normalized spacial score (nSPS) is 13.2. The fourth-order valence-corrected chi connectivity index (χ4v) is 3.27. The maximum atomic E-state index is 11.7. The van der Waals surface area contributed by atoms with Crippen molar-refractivity contribution in [3.05, 3.63) is 58.4 Å². The van der Waals surface area contributed by atoms with E-state index in [1.807, 2.05) is 25.1 Å². The van der Waals surface area contributed by atoms with Crippen molar-refractivity contribution in [2.24, 2.45) is 0 Å². The van der Waals surface area contributed by atoms with E-state index >= 15 is 0 Å². The molecule has 0 radical (unpaired) electrons. The van der Waals surface area contributed by atoms with Crippen LogP contribution in [0.3, 0.4) is 0 Å². The zero-order valence-electron chi connectivity index (χ0n) is 15.2. The lowest BCUT2D eigenvalue weighted by molar-refractivity contribution is 0.0448. The Labute approximate surface area is 152 Å². The van der Waals surface area contributed by atoms with E-state index in [1.165, 1.54) is 25.2 Å². The van der Waals surface area contributed by atoms with Gasteiger partial charge in [-0.3, -0.25) is 0 Å². The Hall–Kier alpha value is -2.96. The van der Waals surface area contributed by atoms with Gasteiger partial charge in [0.15, 0.2) is 6.10 Å². The third-order valence-corrected chi connectivity index (χ3v) is 4.68. The van der Waals surface area contributed by atoms with Gasteiger partial charge in [-0.05, 0) is 24.1 Å². The highest BCUT2D eigenvalue weighted by atomic mass is 16.6. The number of hydrogen-bond acceptors (Lipinski definition) is 4. The summed E-state index contributed by atoms with van der Waals surface area (Å²) < 4.78 is 12.8. The van der Waals surface area contributed by atoms with Crippen LogP contribution in [0.25, 0.3) is 0 Å². The average Bonchev–Trinajstić information content (AvgIpc) is 2.98. The largest absolute Gasteiger partial charge is 0.445 e. The monoisotopic (exact) mass is 357 g/mol. The molecule has 1 unspecified atom stereocenters. The van der Waals surface area contributed by atoms with Gasteiger partial charge in [-0.2, -0.15) is 0 Å². The molecule has 2 amide bonds. The molecular weight excluding hydrogens is 334 g/mol. The van der Waals surface area contributed by atoms with Gasteiger partial charge in [0.05, 0.1) is 0 Å². The molecule has 0 bridgehead atoms. The molecule has 2 aromatic rings. The maximum Gasteiger partial charge on any atom is 0.407 e. The Kier molecular flexibility index (Phi) is 5.16. The van der Waals surface area contributed by atoms with Crippen molar-refractivity contribution < 1.29 is 19.1 Å². The number of ether oxygens (including phenoxy) is 2. The summed E-state index contributed by atoms with van der Waals surface area (Å²) in [5.41, 5.74) is 5.59. The minimum Gasteiger partial charge on any atom is -0.445 e. The molecule has 2 N–H and O–H groups in total. The highest BCUT2D eigenvalue weighted by Gasteiger charge is 2.26. The summed E-state index contributed by atoms with van der Waals surface area (Å²) in [6, 6.07) is 10.4. The van der Waals surface area contributed by atoms with Crippen molar-refractivity contribution in [3.8, 4) is 0 Å². The number of fused-ring (bicyclic) bond motifs is 2. The summed E-state index contributed by atoms with van der Waals surface area (Å²) in [5.74, 6) is 0. The van der Waals surface area contributed by atoms with Crippen LogP contribution in [0.4, 0.5) is 9.59 Å². The molecule has 0 aliphatic carbocycles. The van der Waals surface area contributed by atoms with Gasteiger partial charge in [-0.1, -0.05) is 24.3 Å². The number of nitrogens with one attached hydrogen (secondary N) is 2. The van der Waals surface area contributed by atoms with E-state index in [-0.39, 0.29) is 6.61 Å². The fourth-order valence-electron chi connectivity index (χ4n) is 3.27. The molecule has 2 heterocycles. The van der Waals surface area contributed by atoms with Crippen molar-refractivity contribution in [1.82, 2.24) is 15.2 Å². The second-order valence-electron chi connectivity index (χ2n) is 6.20. The highest BCUT2D eigenvalue weighted by molar-refractivity contribution is 5.68. The molecule has 0 fully saturated rings. The minimum atomic E-state index is -0.673. The van der Waals surface area contributed by atoms with Crippen LogP contribution < -0.4 is 10.6 Å². The van der Waals surface area contributed by atoms with E-state index in [4.69, 9.17) is 9.47 Å². The molecule has 1 aliphatic heterocycles. The van der Waals surface area contributed by atoms with Gasteiger partial charge in [0.1, 0.15) is 6.61 Å².